The molecule has 0 saturated carbocycles. The number of hydrogen-bond donors (Lipinski definition) is 1. The number of nitrogens with zero attached hydrogens (tertiary/aromatic N) is 3. The molecule has 0 saturated heterocycles. The van der Waals surface area contributed by atoms with Crippen LogP contribution in [0.15, 0.2) is 58.8 Å². The van der Waals surface area contributed by atoms with Crippen molar-refractivity contribution in [1.82, 2.24) is 20.4 Å². The van der Waals surface area contributed by atoms with Crippen molar-refractivity contribution in [3.8, 4) is 22.9 Å². The van der Waals surface area contributed by atoms with Crippen molar-refractivity contribution >= 4 is 22.9 Å². The van der Waals surface area contributed by atoms with Crippen LogP contribution in [0.2, 0.25) is 0 Å². The third-order valence-corrected chi connectivity index (χ3v) is 5.92. The second kappa shape index (κ2) is 9.62. The fourth-order valence-corrected chi connectivity index (χ4v) is 4.23. The third kappa shape index (κ3) is 4.71. The molecule has 0 amide bonds. The van der Waals surface area contributed by atoms with E-state index in [2.05, 4.69) is 36.1 Å². The van der Waals surface area contributed by atoms with Gasteiger partial charge in [-0.2, -0.15) is 4.98 Å². The van der Waals surface area contributed by atoms with Gasteiger partial charge in [0.15, 0.2) is 5.11 Å². The van der Waals surface area contributed by atoms with Crippen LogP contribution >= 0.6 is 12.2 Å². The Kier molecular flexibility index (Phi) is 6.65. The molecule has 1 aliphatic heterocycles. The lowest BCUT2D eigenvalue weighted by atomic mass is 9.94. The Balaban J connectivity index is 1.79. The lowest BCUT2D eigenvalue weighted by molar-refractivity contribution is 0.385. The van der Waals surface area contributed by atoms with Gasteiger partial charge in [-0.05, 0) is 54.9 Å². The molecule has 1 atom stereocenters. The molecule has 3 aromatic rings. The molecule has 7 nitrogen and oxygen atoms in total. The first-order chi connectivity index (χ1) is 15.9. The molecule has 4 rings (SSSR count). The Hall–Kier alpha value is -3.39. The van der Waals surface area contributed by atoms with Crippen LogP contribution in [0, 0.1) is 5.92 Å². The number of benzene rings is 2. The van der Waals surface area contributed by atoms with Crippen LogP contribution in [0.1, 0.15) is 38.3 Å². The van der Waals surface area contributed by atoms with E-state index in [0.29, 0.717) is 22.7 Å². The molecule has 0 bridgehead atoms. The summed E-state index contributed by atoms with van der Waals surface area (Å²) >= 11 is 5.74. The summed E-state index contributed by atoms with van der Waals surface area (Å²) in [6.45, 7) is 7.17. The predicted octanol–water partition coefficient (Wildman–Crippen LogP) is 5.07. The number of thiocarbonyl (C=S) groups is 1. The molecule has 0 radical (unpaired) electrons. The predicted molar refractivity (Wildman–Crippen MR) is 132 cm³/mol. The number of aromatic nitrogens is 2. The lowest BCUT2D eigenvalue weighted by Gasteiger charge is -2.38. The number of nitrogens with one attached hydrogen (secondary N) is 1. The lowest BCUT2D eigenvalue weighted by Crippen LogP contribution is -2.47. The molecule has 1 unspecified atom stereocenters. The van der Waals surface area contributed by atoms with E-state index < -0.39 is 0 Å². The molecule has 0 spiro atoms. The van der Waals surface area contributed by atoms with Gasteiger partial charge >= 0.3 is 0 Å². The molecular formula is C25H28N4O3S. The Morgan fingerprint density at radius 2 is 1.82 bits per heavy atom. The SMILES string of the molecule is COc1ccc(C2NC(=S)N(CC(C)C)C(C)=C2c2nc(-c3cccc(OC)c3)no2)cc1. The van der Waals surface area contributed by atoms with Crippen molar-refractivity contribution in [2.75, 3.05) is 20.8 Å². The first-order valence-electron chi connectivity index (χ1n) is 10.8. The van der Waals surface area contributed by atoms with E-state index in [1.165, 1.54) is 0 Å². The summed E-state index contributed by atoms with van der Waals surface area (Å²) in [5.41, 5.74) is 3.74. The normalized spacial score (nSPS) is 16.2. The quantitative estimate of drug-likeness (QED) is 0.486. The minimum absolute atomic E-state index is 0.231. The van der Waals surface area contributed by atoms with Gasteiger partial charge in [0.05, 0.1) is 25.8 Å². The average Bonchev–Trinajstić information content (AvgIpc) is 3.31. The van der Waals surface area contributed by atoms with Gasteiger partial charge in [-0.1, -0.05) is 43.3 Å². The van der Waals surface area contributed by atoms with E-state index in [-0.39, 0.29) is 6.04 Å². The van der Waals surface area contributed by atoms with Gasteiger partial charge in [0, 0.05) is 17.8 Å². The fraction of sp³-hybridized carbons (Fsp3) is 0.320. The highest BCUT2D eigenvalue weighted by Gasteiger charge is 2.34. The number of rotatable bonds is 7. The molecule has 33 heavy (non-hydrogen) atoms. The van der Waals surface area contributed by atoms with Gasteiger partial charge < -0.3 is 24.2 Å². The molecule has 8 heteroatoms. The van der Waals surface area contributed by atoms with Gasteiger partial charge in [0.25, 0.3) is 5.89 Å². The highest BCUT2D eigenvalue weighted by atomic mass is 32.1. The summed E-state index contributed by atoms with van der Waals surface area (Å²) < 4.78 is 16.5. The highest BCUT2D eigenvalue weighted by molar-refractivity contribution is 7.80. The van der Waals surface area contributed by atoms with Crippen LogP contribution in [0.3, 0.4) is 0 Å². The van der Waals surface area contributed by atoms with Gasteiger partial charge in [-0.25, -0.2) is 0 Å². The molecule has 1 aromatic heterocycles. The standard InChI is InChI=1S/C25H28N4O3S/c1-15(2)14-29-16(3)21(22(26-25(29)33)17-9-11-19(30-4)12-10-17)24-27-23(28-32-24)18-7-6-8-20(13-18)31-5/h6-13,15,22H,14H2,1-5H3,(H,26,33). The van der Waals surface area contributed by atoms with Gasteiger partial charge in [-0.3, -0.25) is 0 Å². The number of hydrogen-bond acceptors (Lipinski definition) is 6. The number of ether oxygens (including phenoxy) is 2. The van der Waals surface area contributed by atoms with E-state index in [0.717, 1.165) is 40.4 Å². The van der Waals surface area contributed by atoms with Crippen LogP contribution in [-0.2, 0) is 0 Å². The van der Waals surface area contributed by atoms with Crippen molar-refractivity contribution in [2.45, 2.75) is 26.8 Å². The first-order valence-corrected chi connectivity index (χ1v) is 11.2. The molecule has 0 fully saturated rings. The minimum Gasteiger partial charge on any atom is -0.497 e. The topological polar surface area (TPSA) is 72.7 Å². The summed E-state index contributed by atoms with van der Waals surface area (Å²) in [7, 11) is 3.29. The Morgan fingerprint density at radius 3 is 2.48 bits per heavy atom. The summed E-state index contributed by atoms with van der Waals surface area (Å²) in [4.78, 5) is 6.85. The Bertz CT molecular complexity index is 1170. The summed E-state index contributed by atoms with van der Waals surface area (Å²) in [6, 6.07) is 15.3. The minimum atomic E-state index is -0.231. The molecule has 2 heterocycles. The van der Waals surface area contributed by atoms with Crippen molar-refractivity contribution in [2.24, 2.45) is 5.92 Å². The smallest absolute Gasteiger partial charge is 0.258 e. The molecular weight excluding hydrogens is 436 g/mol. The van der Waals surface area contributed by atoms with Gasteiger partial charge in [-0.15, -0.1) is 0 Å². The summed E-state index contributed by atoms with van der Waals surface area (Å²) in [6.07, 6.45) is 0. The van der Waals surface area contributed by atoms with E-state index in [4.69, 9.17) is 31.2 Å². The van der Waals surface area contributed by atoms with Crippen molar-refractivity contribution in [3.05, 3.63) is 65.7 Å². The second-order valence-electron chi connectivity index (χ2n) is 8.31. The zero-order valence-electron chi connectivity index (χ0n) is 19.5. The van der Waals surface area contributed by atoms with E-state index in [9.17, 15) is 0 Å². The summed E-state index contributed by atoms with van der Waals surface area (Å²) in [5, 5.41) is 8.42. The zero-order chi connectivity index (χ0) is 23.5. The Labute approximate surface area is 199 Å². The maximum Gasteiger partial charge on any atom is 0.258 e. The van der Waals surface area contributed by atoms with Crippen molar-refractivity contribution in [1.29, 1.82) is 0 Å². The van der Waals surface area contributed by atoms with Crippen LogP contribution in [-0.4, -0.2) is 40.9 Å². The van der Waals surface area contributed by atoms with Crippen LogP contribution in [0.5, 0.6) is 11.5 Å². The van der Waals surface area contributed by atoms with Gasteiger partial charge in [0.1, 0.15) is 11.5 Å². The maximum atomic E-state index is 5.79. The molecule has 0 aliphatic carbocycles. The zero-order valence-corrected chi connectivity index (χ0v) is 20.3. The van der Waals surface area contributed by atoms with Crippen LogP contribution < -0.4 is 14.8 Å². The number of allylic oxidation sites excluding steroid dienone is 1. The van der Waals surface area contributed by atoms with Crippen LogP contribution in [0.25, 0.3) is 17.0 Å². The largest absolute Gasteiger partial charge is 0.497 e. The molecule has 172 valence electrons. The second-order valence-corrected chi connectivity index (χ2v) is 8.70. The number of methoxy groups -OCH3 is 2. The fourth-order valence-electron chi connectivity index (χ4n) is 3.90. The maximum absolute atomic E-state index is 5.79. The molecule has 1 N–H and O–H groups in total. The average molecular weight is 465 g/mol. The summed E-state index contributed by atoms with van der Waals surface area (Å²) in [5.74, 6) is 2.90. The van der Waals surface area contributed by atoms with E-state index in [1.807, 2.05) is 48.5 Å². The van der Waals surface area contributed by atoms with E-state index in [1.54, 1.807) is 14.2 Å². The van der Waals surface area contributed by atoms with Gasteiger partial charge in [0.2, 0.25) is 5.82 Å². The van der Waals surface area contributed by atoms with Crippen molar-refractivity contribution < 1.29 is 14.0 Å². The molecule has 1 aliphatic rings. The van der Waals surface area contributed by atoms with Crippen LogP contribution in [0.4, 0.5) is 0 Å². The van der Waals surface area contributed by atoms with E-state index >= 15 is 0 Å². The van der Waals surface area contributed by atoms with Crippen molar-refractivity contribution in [3.63, 3.8) is 0 Å². The molecule has 2 aromatic carbocycles. The first kappa shape index (κ1) is 22.8. The third-order valence-electron chi connectivity index (χ3n) is 5.58. The highest BCUT2D eigenvalue weighted by Crippen LogP contribution is 2.38. The Morgan fingerprint density at radius 1 is 1.09 bits per heavy atom. The monoisotopic (exact) mass is 464 g/mol.